The second-order valence-corrected chi connectivity index (χ2v) is 5.85. The Balaban J connectivity index is 1.58. The van der Waals surface area contributed by atoms with Gasteiger partial charge in [0.15, 0.2) is 11.5 Å². The normalized spacial score (nSPS) is 10.9. The Morgan fingerprint density at radius 3 is 2.89 bits per heavy atom. The Morgan fingerprint density at radius 2 is 2.15 bits per heavy atom. The van der Waals surface area contributed by atoms with E-state index in [0.717, 1.165) is 11.3 Å². The van der Waals surface area contributed by atoms with Crippen molar-refractivity contribution in [3.05, 3.63) is 72.0 Å². The zero-order chi connectivity index (χ0) is 19.2. The van der Waals surface area contributed by atoms with Gasteiger partial charge in [-0.05, 0) is 35.9 Å². The number of nitrogens with zero attached hydrogens (tertiary/aromatic N) is 2. The predicted octanol–water partition coefficient (Wildman–Crippen LogP) is 3.39. The van der Waals surface area contributed by atoms with Gasteiger partial charge in [0.05, 0.1) is 25.5 Å². The molecule has 0 aliphatic heterocycles. The maximum atomic E-state index is 12.1. The third kappa shape index (κ3) is 4.94. The van der Waals surface area contributed by atoms with Gasteiger partial charge in [0.1, 0.15) is 11.5 Å². The van der Waals surface area contributed by atoms with Crippen LogP contribution >= 0.6 is 0 Å². The first-order valence-electron chi connectivity index (χ1n) is 8.29. The number of amides is 1. The van der Waals surface area contributed by atoms with E-state index < -0.39 is 0 Å². The van der Waals surface area contributed by atoms with Gasteiger partial charge in [-0.15, -0.1) is 0 Å². The smallest absolute Gasteiger partial charge is 0.248 e. The molecule has 0 saturated carbocycles. The van der Waals surface area contributed by atoms with Crippen LogP contribution in [0.5, 0.6) is 5.75 Å². The van der Waals surface area contributed by atoms with Crippen LogP contribution in [0.15, 0.2) is 59.3 Å². The minimum Gasteiger partial charge on any atom is -0.497 e. The number of methoxy groups -OCH3 is 1. The van der Waals surface area contributed by atoms with Gasteiger partial charge < -0.3 is 14.5 Å². The van der Waals surface area contributed by atoms with E-state index in [1.54, 1.807) is 42.4 Å². The summed E-state index contributed by atoms with van der Waals surface area (Å²) in [4.78, 5) is 23.3. The van der Waals surface area contributed by atoms with Crippen LogP contribution in [-0.4, -0.2) is 28.6 Å². The highest BCUT2D eigenvalue weighted by Gasteiger charge is 2.08. The quantitative estimate of drug-likeness (QED) is 0.512. The standard InChI is InChI=1S/C20H19N3O4/c1-14(24)19-8-7-18(27-19)13-23-12-16(11-21-23)22-20(25)9-6-15-4-3-5-17(10-15)26-2/h3-12H,13H2,1-2H3,(H,22,25). The Morgan fingerprint density at radius 1 is 1.30 bits per heavy atom. The molecule has 0 radical (unpaired) electrons. The van der Waals surface area contributed by atoms with Crippen molar-refractivity contribution in [2.24, 2.45) is 0 Å². The molecule has 3 rings (SSSR count). The van der Waals surface area contributed by atoms with Gasteiger partial charge in [-0.1, -0.05) is 12.1 Å². The number of Topliss-reactive ketones (excluding diaryl/α,β-unsaturated/α-hetero) is 1. The number of rotatable bonds is 7. The van der Waals surface area contributed by atoms with Crippen LogP contribution in [0, 0.1) is 0 Å². The lowest BCUT2D eigenvalue weighted by molar-refractivity contribution is -0.111. The molecule has 2 aromatic heterocycles. The van der Waals surface area contributed by atoms with Gasteiger partial charge in [0.2, 0.25) is 5.91 Å². The summed E-state index contributed by atoms with van der Waals surface area (Å²) in [5, 5.41) is 6.92. The Bertz CT molecular complexity index is 985. The van der Waals surface area contributed by atoms with Gasteiger partial charge in [-0.3, -0.25) is 14.3 Å². The van der Waals surface area contributed by atoms with Gasteiger partial charge in [0, 0.05) is 19.2 Å². The third-order valence-electron chi connectivity index (χ3n) is 3.75. The zero-order valence-electron chi connectivity index (χ0n) is 15.0. The average Bonchev–Trinajstić information content (AvgIpc) is 3.30. The molecule has 0 spiro atoms. The highest BCUT2D eigenvalue weighted by atomic mass is 16.5. The highest BCUT2D eigenvalue weighted by Crippen LogP contribution is 2.14. The molecule has 0 saturated heterocycles. The number of hydrogen-bond donors (Lipinski definition) is 1. The Labute approximate surface area is 156 Å². The lowest BCUT2D eigenvalue weighted by Gasteiger charge is -2.00. The first-order chi connectivity index (χ1) is 13.0. The summed E-state index contributed by atoms with van der Waals surface area (Å²) in [7, 11) is 1.59. The molecule has 27 heavy (non-hydrogen) atoms. The number of anilines is 1. The number of hydrogen-bond acceptors (Lipinski definition) is 5. The number of ketones is 1. The summed E-state index contributed by atoms with van der Waals surface area (Å²) in [6, 6.07) is 10.8. The zero-order valence-corrected chi connectivity index (χ0v) is 15.0. The molecule has 1 N–H and O–H groups in total. The van der Waals surface area contributed by atoms with E-state index in [0.29, 0.717) is 23.8 Å². The molecule has 7 heteroatoms. The number of nitrogens with one attached hydrogen (secondary N) is 1. The fraction of sp³-hybridized carbons (Fsp3) is 0.150. The van der Waals surface area contributed by atoms with E-state index in [2.05, 4.69) is 10.4 Å². The lowest BCUT2D eigenvalue weighted by atomic mass is 10.2. The minimum atomic E-state index is -0.269. The summed E-state index contributed by atoms with van der Waals surface area (Å²) in [5.74, 6) is 1.25. The van der Waals surface area contributed by atoms with E-state index in [1.165, 1.54) is 13.0 Å². The molecule has 0 bridgehead atoms. The van der Waals surface area contributed by atoms with E-state index in [9.17, 15) is 9.59 Å². The fourth-order valence-corrected chi connectivity index (χ4v) is 2.43. The van der Waals surface area contributed by atoms with Crippen LogP contribution in [0.1, 0.15) is 28.8 Å². The number of carbonyl (C=O) groups excluding carboxylic acids is 2. The molecule has 1 amide bonds. The molecule has 0 aliphatic rings. The molecule has 138 valence electrons. The average molecular weight is 365 g/mol. The van der Waals surface area contributed by atoms with Crippen molar-refractivity contribution in [2.45, 2.75) is 13.5 Å². The van der Waals surface area contributed by atoms with Crippen LogP contribution in [0.2, 0.25) is 0 Å². The molecule has 0 aliphatic carbocycles. The SMILES string of the molecule is COc1cccc(C=CC(=O)Nc2cnn(Cc3ccc(C(C)=O)o3)c2)c1. The molecule has 0 fully saturated rings. The van der Waals surface area contributed by atoms with Crippen molar-refractivity contribution in [1.29, 1.82) is 0 Å². The summed E-state index contributed by atoms with van der Waals surface area (Å²) in [5.41, 5.74) is 1.42. The topological polar surface area (TPSA) is 86.4 Å². The summed E-state index contributed by atoms with van der Waals surface area (Å²) in [6.07, 6.45) is 6.38. The first-order valence-corrected chi connectivity index (χ1v) is 8.29. The summed E-state index contributed by atoms with van der Waals surface area (Å²) in [6.45, 7) is 1.81. The predicted molar refractivity (Wildman–Crippen MR) is 101 cm³/mol. The Kier molecular flexibility index (Phi) is 5.51. The van der Waals surface area contributed by atoms with E-state index >= 15 is 0 Å². The van der Waals surface area contributed by atoms with Crippen LogP contribution < -0.4 is 10.1 Å². The monoisotopic (exact) mass is 365 g/mol. The van der Waals surface area contributed by atoms with Crippen molar-refractivity contribution in [2.75, 3.05) is 12.4 Å². The van der Waals surface area contributed by atoms with Crippen molar-refractivity contribution in [3.8, 4) is 5.75 Å². The van der Waals surface area contributed by atoms with Gasteiger partial charge in [-0.25, -0.2) is 0 Å². The van der Waals surface area contributed by atoms with Crippen LogP contribution in [0.3, 0.4) is 0 Å². The maximum absolute atomic E-state index is 12.1. The Hall–Kier alpha value is -3.61. The molecular weight excluding hydrogens is 346 g/mol. The number of ether oxygens (including phenoxy) is 1. The van der Waals surface area contributed by atoms with Crippen LogP contribution in [0.25, 0.3) is 6.08 Å². The number of carbonyl (C=O) groups is 2. The minimum absolute atomic E-state index is 0.127. The lowest BCUT2D eigenvalue weighted by Crippen LogP contribution is -2.07. The van der Waals surface area contributed by atoms with E-state index in [1.807, 2.05) is 24.3 Å². The van der Waals surface area contributed by atoms with E-state index in [4.69, 9.17) is 9.15 Å². The van der Waals surface area contributed by atoms with Crippen LogP contribution in [-0.2, 0) is 11.3 Å². The molecule has 0 unspecified atom stereocenters. The third-order valence-corrected chi connectivity index (χ3v) is 3.75. The molecule has 7 nitrogen and oxygen atoms in total. The van der Waals surface area contributed by atoms with Crippen molar-refractivity contribution in [1.82, 2.24) is 9.78 Å². The number of aromatic nitrogens is 2. The fourth-order valence-electron chi connectivity index (χ4n) is 2.43. The van der Waals surface area contributed by atoms with Gasteiger partial charge in [-0.2, -0.15) is 5.10 Å². The van der Waals surface area contributed by atoms with Gasteiger partial charge >= 0.3 is 0 Å². The highest BCUT2D eigenvalue weighted by molar-refractivity contribution is 6.01. The molecule has 1 aromatic carbocycles. The second-order valence-electron chi connectivity index (χ2n) is 5.85. The number of benzene rings is 1. The van der Waals surface area contributed by atoms with Crippen molar-refractivity contribution in [3.63, 3.8) is 0 Å². The maximum Gasteiger partial charge on any atom is 0.248 e. The molecule has 0 atom stereocenters. The first kappa shape index (κ1) is 18.2. The van der Waals surface area contributed by atoms with Crippen molar-refractivity contribution < 1.29 is 18.7 Å². The van der Waals surface area contributed by atoms with Gasteiger partial charge in [0.25, 0.3) is 0 Å². The van der Waals surface area contributed by atoms with E-state index in [-0.39, 0.29) is 11.7 Å². The largest absolute Gasteiger partial charge is 0.497 e. The molecule has 2 heterocycles. The molecule has 3 aromatic rings. The van der Waals surface area contributed by atoms with Crippen LogP contribution in [0.4, 0.5) is 5.69 Å². The molecular formula is C20H19N3O4. The summed E-state index contributed by atoms with van der Waals surface area (Å²) >= 11 is 0. The van der Waals surface area contributed by atoms with Crippen molar-refractivity contribution >= 4 is 23.5 Å². The summed E-state index contributed by atoms with van der Waals surface area (Å²) < 4.78 is 12.2. The number of furan rings is 1. The second kappa shape index (κ2) is 8.18.